The van der Waals surface area contributed by atoms with E-state index in [0.29, 0.717) is 11.8 Å². The van der Waals surface area contributed by atoms with Crippen LogP contribution in [0.2, 0.25) is 0 Å². The number of ether oxygens (including phenoxy) is 1. The maximum atomic E-state index is 5.32. The van der Waals surface area contributed by atoms with Gasteiger partial charge in [0.25, 0.3) is 5.89 Å². The second-order valence-corrected chi connectivity index (χ2v) is 7.99. The van der Waals surface area contributed by atoms with E-state index in [-0.39, 0.29) is 0 Å². The van der Waals surface area contributed by atoms with Gasteiger partial charge in [-0.2, -0.15) is 4.98 Å². The molecule has 1 atom stereocenters. The van der Waals surface area contributed by atoms with E-state index in [1.807, 2.05) is 38.2 Å². The van der Waals surface area contributed by atoms with E-state index in [1.165, 1.54) is 11.1 Å². The summed E-state index contributed by atoms with van der Waals surface area (Å²) in [5.41, 5.74) is 3.56. The number of hydrogen-bond donors (Lipinski definition) is 1. The van der Waals surface area contributed by atoms with Gasteiger partial charge in [0.1, 0.15) is 5.75 Å². The number of aliphatic imine (C=N–C) groups is 1. The lowest BCUT2D eigenvalue weighted by Gasteiger charge is -2.22. The fourth-order valence-corrected chi connectivity index (χ4v) is 4.08. The summed E-state index contributed by atoms with van der Waals surface area (Å²) in [5.74, 6) is 3.69. The molecule has 1 aliphatic heterocycles. The summed E-state index contributed by atoms with van der Waals surface area (Å²) in [4.78, 5) is 11.2. The molecule has 1 aromatic heterocycles. The maximum Gasteiger partial charge on any atom is 0.257 e. The van der Waals surface area contributed by atoms with Crippen molar-refractivity contribution < 1.29 is 9.26 Å². The molecule has 168 valence electrons. The molecule has 0 bridgehead atoms. The third-order valence-electron chi connectivity index (χ3n) is 5.97. The molecule has 3 aromatic rings. The van der Waals surface area contributed by atoms with Gasteiger partial charge in [-0.05, 0) is 48.2 Å². The number of nitrogens with one attached hydrogen (secondary N) is 1. The smallest absolute Gasteiger partial charge is 0.257 e. The van der Waals surface area contributed by atoms with Crippen LogP contribution < -0.4 is 10.1 Å². The number of methoxy groups -OCH3 is 1. The Kier molecular flexibility index (Phi) is 7.04. The Hall–Kier alpha value is -3.35. The first-order chi connectivity index (χ1) is 15.7. The van der Waals surface area contributed by atoms with Crippen molar-refractivity contribution in [3.63, 3.8) is 0 Å². The largest absolute Gasteiger partial charge is 0.497 e. The minimum absolute atomic E-state index is 0.518. The maximum absolute atomic E-state index is 5.32. The van der Waals surface area contributed by atoms with Crippen LogP contribution in [0.5, 0.6) is 5.75 Å². The molecule has 0 amide bonds. The molecule has 7 nitrogen and oxygen atoms in total. The van der Waals surface area contributed by atoms with Crippen LogP contribution >= 0.6 is 0 Å². The van der Waals surface area contributed by atoms with Crippen molar-refractivity contribution in [1.29, 1.82) is 0 Å². The van der Waals surface area contributed by atoms with Crippen molar-refractivity contribution in [2.75, 3.05) is 33.8 Å². The standard InChI is InChI=1S/C25H31N5O2/c1-4-23-28-24(32-29-23)20-7-5-18(6-8-20)13-15-27-25(26-2)30-16-14-21(17-30)19-9-11-22(31-3)12-10-19/h5-12,21H,4,13-17H2,1-3H3,(H,26,27). The summed E-state index contributed by atoms with van der Waals surface area (Å²) in [6, 6.07) is 16.7. The minimum atomic E-state index is 0.518. The fraction of sp³-hybridized carbons (Fsp3) is 0.400. The molecule has 1 fully saturated rings. The number of benzene rings is 2. The van der Waals surface area contributed by atoms with Gasteiger partial charge in [-0.1, -0.05) is 36.3 Å². The first-order valence-corrected chi connectivity index (χ1v) is 11.2. The van der Waals surface area contributed by atoms with Gasteiger partial charge < -0.3 is 19.5 Å². The molecule has 1 aliphatic rings. The van der Waals surface area contributed by atoms with Crippen LogP contribution in [0.1, 0.15) is 36.2 Å². The van der Waals surface area contributed by atoms with Gasteiger partial charge in [-0.25, -0.2) is 0 Å². The summed E-state index contributed by atoms with van der Waals surface area (Å²) in [6.07, 6.45) is 2.81. The van der Waals surface area contributed by atoms with Crippen LogP contribution in [0.4, 0.5) is 0 Å². The van der Waals surface area contributed by atoms with Crippen molar-refractivity contribution in [3.8, 4) is 17.2 Å². The van der Waals surface area contributed by atoms with Gasteiger partial charge in [0.2, 0.25) is 0 Å². The Morgan fingerprint density at radius 3 is 2.62 bits per heavy atom. The predicted molar refractivity (Wildman–Crippen MR) is 126 cm³/mol. The van der Waals surface area contributed by atoms with Gasteiger partial charge >= 0.3 is 0 Å². The van der Waals surface area contributed by atoms with Crippen LogP contribution in [0.25, 0.3) is 11.5 Å². The van der Waals surface area contributed by atoms with Crippen LogP contribution in [-0.4, -0.2) is 54.8 Å². The monoisotopic (exact) mass is 433 g/mol. The van der Waals surface area contributed by atoms with E-state index in [4.69, 9.17) is 9.26 Å². The van der Waals surface area contributed by atoms with Gasteiger partial charge in [0, 0.05) is 44.6 Å². The lowest BCUT2D eigenvalue weighted by Crippen LogP contribution is -2.40. The first kappa shape index (κ1) is 21.9. The molecule has 0 saturated carbocycles. The molecule has 0 spiro atoms. The second kappa shape index (κ2) is 10.3. The van der Waals surface area contributed by atoms with E-state index in [2.05, 4.69) is 49.6 Å². The van der Waals surface area contributed by atoms with Crippen LogP contribution in [-0.2, 0) is 12.8 Å². The normalized spacial score (nSPS) is 16.4. The molecule has 32 heavy (non-hydrogen) atoms. The highest BCUT2D eigenvalue weighted by molar-refractivity contribution is 5.80. The lowest BCUT2D eigenvalue weighted by atomic mass is 9.98. The quantitative estimate of drug-likeness (QED) is 0.450. The number of aromatic nitrogens is 2. The number of guanidine groups is 1. The molecule has 1 saturated heterocycles. The summed E-state index contributed by atoms with van der Waals surface area (Å²) >= 11 is 0. The van der Waals surface area contributed by atoms with E-state index in [1.54, 1.807) is 7.11 Å². The Morgan fingerprint density at radius 1 is 1.19 bits per heavy atom. The average molecular weight is 434 g/mol. The molecular weight excluding hydrogens is 402 g/mol. The van der Waals surface area contributed by atoms with E-state index >= 15 is 0 Å². The van der Waals surface area contributed by atoms with Gasteiger partial charge in [-0.3, -0.25) is 4.99 Å². The second-order valence-electron chi connectivity index (χ2n) is 7.99. The molecule has 2 aromatic carbocycles. The van der Waals surface area contributed by atoms with Crippen molar-refractivity contribution in [2.45, 2.75) is 32.1 Å². The summed E-state index contributed by atoms with van der Waals surface area (Å²) in [6.45, 7) is 4.83. The van der Waals surface area contributed by atoms with Crippen molar-refractivity contribution >= 4 is 5.96 Å². The summed E-state index contributed by atoms with van der Waals surface area (Å²) in [5, 5.41) is 7.48. The third-order valence-corrected chi connectivity index (χ3v) is 5.97. The Labute approximate surface area is 189 Å². The molecule has 0 radical (unpaired) electrons. The van der Waals surface area contributed by atoms with E-state index in [9.17, 15) is 0 Å². The summed E-state index contributed by atoms with van der Waals surface area (Å²) < 4.78 is 10.6. The fourth-order valence-electron chi connectivity index (χ4n) is 4.08. The average Bonchev–Trinajstić information content (AvgIpc) is 3.53. The Bertz CT molecular complexity index is 1030. The van der Waals surface area contributed by atoms with Crippen molar-refractivity contribution in [1.82, 2.24) is 20.4 Å². The highest BCUT2D eigenvalue weighted by Gasteiger charge is 2.26. The highest BCUT2D eigenvalue weighted by Crippen LogP contribution is 2.28. The topological polar surface area (TPSA) is 75.8 Å². The first-order valence-electron chi connectivity index (χ1n) is 11.2. The summed E-state index contributed by atoms with van der Waals surface area (Å²) in [7, 11) is 3.55. The zero-order chi connectivity index (χ0) is 22.3. The van der Waals surface area contributed by atoms with E-state index < -0.39 is 0 Å². The molecule has 4 rings (SSSR count). The SMILES string of the molecule is CCc1noc(-c2ccc(CCNC(=NC)N3CCC(c4ccc(OC)cc4)C3)cc2)n1. The lowest BCUT2D eigenvalue weighted by molar-refractivity contribution is 0.414. The minimum Gasteiger partial charge on any atom is -0.497 e. The molecule has 0 aliphatic carbocycles. The molecule has 7 heteroatoms. The van der Waals surface area contributed by atoms with Crippen LogP contribution in [0, 0.1) is 0 Å². The Morgan fingerprint density at radius 2 is 1.97 bits per heavy atom. The van der Waals surface area contributed by atoms with Crippen molar-refractivity contribution in [3.05, 3.63) is 65.5 Å². The zero-order valence-corrected chi connectivity index (χ0v) is 19.0. The predicted octanol–water partition coefficient (Wildman–Crippen LogP) is 3.92. The van der Waals surface area contributed by atoms with Crippen molar-refractivity contribution in [2.24, 2.45) is 4.99 Å². The van der Waals surface area contributed by atoms with Gasteiger partial charge in [0.15, 0.2) is 11.8 Å². The molecular formula is C25H31N5O2. The van der Waals surface area contributed by atoms with Gasteiger partial charge in [0.05, 0.1) is 7.11 Å². The number of nitrogens with zero attached hydrogens (tertiary/aromatic N) is 4. The third kappa shape index (κ3) is 5.10. The van der Waals surface area contributed by atoms with Gasteiger partial charge in [-0.15, -0.1) is 0 Å². The number of hydrogen-bond acceptors (Lipinski definition) is 5. The number of likely N-dealkylation sites (tertiary alicyclic amines) is 1. The van der Waals surface area contributed by atoms with Crippen LogP contribution in [0.15, 0.2) is 58.0 Å². The van der Waals surface area contributed by atoms with Crippen LogP contribution in [0.3, 0.4) is 0 Å². The molecule has 1 N–H and O–H groups in total. The zero-order valence-electron chi connectivity index (χ0n) is 19.0. The number of rotatable bonds is 7. The molecule has 2 heterocycles. The Balaban J connectivity index is 1.27. The van der Waals surface area contributed by atoms with E-state index in [0.717, 1.165) is 62.0 Å². The highest BCUT2D eigenvalue weighted by atomic mass is 16.5. The number of aryl methyl sites for hydroxylation is 1. The molecule has 1 unspecified atom stereocenters.